The second-order valence-electron chi connectivity index (χ2n) is 3.14. The van der Waals surface area contributed by atoms with Gasteiger partial charge in [-0.05, 0) is 13.5 Å². The van der Waals surface area contributed by atoms with Crippen molar-refractivity contribution >= 4 is 6.03 Å². The maximum absolute atomic E-state index is 11.1. The van der Waals surface area contributed by atoms with Crippen molar-refractivity contribution in [1.29, 1.82) is 0 Å². The van der Waals surface area contributed by atoms with Gasteiger partial charge >= 0.3 is 6.03 Å². The van der Waals surface area contributed by atoms with E-state index in [0.717, 1.165) is 26.2 Å². The van der Waals surface area contributed by atoms with E-state index in [9.17, 15) is 4.79 Å². The van der Waals surface area contributed by atoms with Gasteiger partial charge < -0.3 is 15.5 Å². The summed E-state index contributed by atoms with van der Waals surface area (Å²) in [5, 5.41) is 6.05. The highest BCUT2D eigenvalue weighted by Gasteiger charge is 2.20. The molecule has 2 amide bonds. The maximum atomic E-state index is 11.1. The Morgan fingerprint density at radius 2 is 2.50 bits per heavy atom. The number of carbonyl (C=O) groups is 1. The molecule has 2 N–H and O–H groups in total. The first-order valence-electron chi connectivity index (χ1n) is 4.50. The molecule has 0 aliphatic carbocycles. The van der Waals surface area contributed by atoms with Gasteiger partial charge in [-0.3, -0.25) is 0 Å². The largest absolute Gasteiger partial charge is 0.336 e. The fourth-order valence-electron chi connectivity index (χ4n) is 1.43. The summed E-state index contributed by atoms with van der Waals surface area (Å²) < 4.78 is 0. The normalized spacial score (nSPS) is 19.5. The lowest BCUT2D eigenvalue weighted by molar-refractivity contribution is 0.213. The molecular formula is C8H17N3O. The first-order valence-corrected chi connectivity index (χ1v) is 4.50. The van der Waals surface area contributed by atoms with Crippen LogP contribution in [0, 0.1) is 0 Å². The average molecular weight is 171 g/mol. The van der Waals surface area contributed by atoms with Gasteiger partial charge in [0.05, 0.1) is 0 Å². The molecule has 4 nitrogen and oxygen atoms in total. The molecule has 1 aliphatic heterocycles. The first-order chi connectivity index (χ1) is 5.74. The lowest BCUT2D eigenvalue weighted by atomic mass is 10.3. The van der Waals surface area contributed by atoms with Gasteiger partial charge in [-0.15, -0.1) is 0 Å². The number of urea groups is 1. The second kappa shape index (κ2) is 4.30. The second-order valence-corrected chi connectivity index (χ2v) is 3.14. The molecule has 0 saturated carbocycles. The van der Waals surface area contributed by atoms with Gasteiger partial charge in [-0.25, -0.2) is 4.79 Å². The molecule has 1 heterocycles. The third-order valence-electron chi connectivity index (χ3n) is 1.99. The molecule has 12 heavy (non-hydrogen) atoms. The number of nitrogens with one attached hydrogen (secondary N) is 2. The number of hydrogen-bond donors (Lipinski definition) is 2. The smallest absolute Gasteiger partial charge is 0.317 e. The van der Waals surface area contributed by atoms with E-state index in [1.165, 1.54) is 0 Å². The molecule has 1 unspecified atom stereocenters. The molecule has 0 bridgehead atoms. The highest BCUT2D eigenvalue weighted by atomic mass is 16.2. The van der Waals surface area contributed by atoms with Crippen molar-refractivity contribution in [3.05, 3.63) is 0 Å². The van der Waals surface area contributed by atoms with Crippen molar-refractivity contribution in [3.8, 4) is 0 Å². The third kappa shape index (κ3) is 2.37. The molecule has 1 atom stereocenters. The van der Waals surface area contributed by atoms with E-state index >= 15 is 0 Å². The summed E-state index contributed by atoms with van der Waals surface area (Å²) in [5.41, 5.74) is 0. The van der Waals surface area contributed by atoms with Crippen LogP contribution in [-0.4, -0.2) is 43.2 Å². The van der Waals surface area contributed by atoms with Crippen molar-refractivity contribution in [3.63, 3.8) is 0 Å². The SMILES string of the molecule is CCNC(C)CN1CCNC1=O. The zero-order chi connectivity index (χ0) is 8.97. The maximum Gasteiger partial charge on any atom is 0.317 e. The Morgan fingerprint density at radius 3 is 3.00 bits per heavy atom. The van der Waals surface area contributed by atoms with E-state index in [0.29, 0.717) is 6.04 Å². The molecule has 70 valence electrons. The van der Waals surface area contributed by atoms with Crippen LogP contribution in [0.5, 0.6) is 0 Å². The van der Waals surface area contributed by atoms with E-state index in [1.54, 1.807) is 0 Å². The van der Waals surface area contributed by atoms with E-state index in [4.69, 9.17) is 0 Å². The highest BCUT2D eigenvalue weighted by molar-refractivity contribution is 5.76. The van der Waals surface area contributed by atoms with E-state index in [1.807, 2.05) is 4.90 Å². The molecule has 1 aliphatic rings. The fourth-order valence-corrected chi connectivity index (χ4v) is 1.43. The van der Waals surface area contributed by atoms with Crippen LogP contribution in [0.4, 0.5) is 4.79 Å². The summed E-state index contributed by atoms with van der Waals surface area (Å²) in [6.07, 6.45) is 0. The minimum atomic E-state index is 0.0692. The number of likely N-dealkylation sites (N-methyl/N-ethyl adjacent to an activating group) is 1. The number of nitrogens with zero attached hydrogens (tertiary/aromatic N) is 1. The number of amides is 2. The Labute approximate surface area is 73.3 Å². The van der Waals surface area contributed by atoms with Gasteiger partial charge in [0.15, 0.2) is 0 Å². The Balaban J connectivity index is 2.25. The van der Waals surface area contributed by atoms with Crippen LogP contribution in [0.15, 0.2) is 0 Å². The van der Waals surface area contributed by atoms with Crippen LogP contribution < -0.4 is 10.6 Å². The average Bonchev–Trinajstić information content (AvgIpc) is 2.37. The predicted octanol–water partition coefficient (Wildman–Crippen LogP) is 0.00960. The van der Waals surface area contributed by atoms with Gasteiger partial charge in [0, 0.05) is 25.7 Å². The Hall–Kier alpha value is -0.770. The standard InChI is InChI=1S/C8H17N3O/c1-3-9-7(2)6-11-5-4-10-8(11)12/h7,9H,3-6H2,1-2H3,(H,10,12). The predicted molar refractivity (Wildman–Crippen MR) is 48.1 cm³/mol. The summed E-state index contributed by atoms with van der Waals surface area (Å²) in [5.74, 6) is 0. The Kier molecular flexibility index (Phi) is 3.34. The van der Waals surface area contributed by atoms with Gasteiger partial charge in [0.25, 0.3) is 0 Å². The molecule has 0 aromatic rings. The summed E-state index contributed by atoms with van der Waals surface area (Å²) in [6.45, 7) is 7.55. The topological polar surface area (TPSA) is 44.4 Å². The quantitative estimate of drug-likeness (QED) is 0.626. The van der Waals surface area contributed by atoms with E-state index < -0.39 is 0 Å². The van der Waals surface area contributed by atoms with Gasteiger partial charge in [0.1, 0.15) is 0 Å². The Morgan fingerprint density at radius 1 is 1.75 bits per heavy atom. The molecule has 0 aromatic carbocycles. The number of hydrogen-bond acceptors (Lipinski definition) is 2. The lowest BCUT2D eigenvalue weighted by Crippen LogP contribution is -2.40. The summed E-state index contributed by atoms with van der Waals surface area (Å²) >= 11 is 0. The van der Waals surface area contributed by atoms with Crippen molar-refractivity contribution in [1.82, 2.24) is 15.5 Å². The zero-order valence-electron chi connectivity index (χ0n) is 7.76. The first kappa shape index (κ1) is 9.32. The summed E-state index contributed by atoms with van der Waals surface area (Å²) in [7, 11) is 0. The molecule has 0 spiro atoms. The van der Waals surface area contributed by atoms with Gasteiger partial charge in [0.2, 0.25) is 0 Å². The molecule has 1 saturated heterocycles. The minimum Gasteiger partial charge on any atom is -0.336 e. The zero-order valence-corrected chi connectivity index (χ0v) is 7.76. The summed E-state index contributed by atoms with van der Waals surface area (Å²) in [4.78, 5) is 12.9. The van der Waals surface area contributed by atoms with Gasteiger partial charge in [-0.2, -0.15) is 0 Å². The third-order valence-corrected chi connectivity index (χ3v) is 1.99. The van der Waals surface area contributed by atoms with Crippen molar-refractivity contribution < 1.29 is 4.79 Å². The van der Waals surface area contributed by atoms with Crippen LogP contribution in [0.3, 0.4) is 0 Å². The molecule has 1 rings (SSSR count). The van der Waals surface area contributed by atoms with Crippen molar-refractivity contribution in [2.45, 2.75) is 19.9 Å². The van der Waals surface area contributed by atoms with Crippen LogP contribution in [0.1, 0.15) is 13.8 Å². The molecule has 1 fully saturated rings. The minimum absolute atomic E-state index is 0.0692. The van der Waals surface area contributed by atoms with Crippen LogP contribution in [0.2, 0.25) is 0 Å². The fraction of sp³-hybridized carbons (Fsp3) is 0.875. The van der Waals surface area contributed by atoms with E-state index in [-0.39, 0.29) is 6.03 Å². The highest BCUT2D eigenvalue weighted by Crippen LogP contribution is 1.97. The van der Waals surface area contributed by atoms with E-state index in [2.05, 4.69) is 24.5 Å². The van der Waals surface area contributed by atoms with Crippen molar-refractivity contribution in [2.75, 3.05) is 26.2 Å². The van der Waals surface area contributed by atoms with Gasteiger partial charge in [-0.1, -0.05) is 6.92 Å². The van der Waals surface area contributed by atoms with Crippen molar-refractivity contribution in [2.24, 2.45) is 0 Å². The summed E-state index contributed by atoms with van der Waals surface area (Å²) in [6, 6.07) is 0.457. The molecular weight excluding hydrogens is 154 g/mol. The number of rotatable bonds is 4. The van der Waals surface area contributed by atoms with Crippen LogP contribution >= 0.6 is 0 Å². The number of carbonyl (C=O) groups excluding carboxylic acids is 1. The Bertz CT molecular complexity index is 160. The van der Waals surface area contributed by atoms with Crippen LogP contribution in [0.25, 0.3) is 0 Å². The van der Waals surface area contributed by atoms with Crippen LogP contribution in [-0.2, 0) is 0 Å². The lowest BCUT2D eigenvalue weighted by Gasteiger charge is -2.19. The molecule has 0 aromatic heterocycles. The monoisotopic (exact) mass is 171 g/mol. The molecule has 4 heteroatoms. The molecule has 0 radical (unpaired) electrons.